The average Bonchev–Trinajstić information content (AvgIpc) is 3.44. The minimum atomic E-state index is -0.798. The maximum atomic E-state index is 11.1. The molecule has 172 valence electrons. The van der Waals surface area contributed by atoms with Crippen LogP contribution in [0.5, 0.6) is 11.5 Å². The molecule has 5 rings (SSSR count). The molecule has 0 fully saturated rings. The minimum Gasteiger partial charge on any atom is -0.582 e. The van der Waals surface area contributed by atoms with Gasteiger partial charge in [0.2, 0.25) is 0 Å². The molecule has 34 heavy (non-hydrogen) atoms. The van der Waals surface area contributed by atoms with Crippen LogP contribution in [0, 0.1) is 11.3 Å². The molecule has 0 saturated carbocycles. The van der Waals surface area contributed by atoms with Gasteiger partial charge in [-0.15, -0.1) is 0 Å². The number of aliphatic carboxylic acids is 1. The number of nitriles is 1. The third-order valence-electron chi connectivity index (χ3n) is 6.42. The van der Waals surface area contributed by atoms with Gasteiger partial charge in [0.15, 0.2) is 6.61 Å². The van der Waals surface area contributed by atoms with E-state index >= 15 is 0 Å². The minimum absolute atomic E-state index is 0.0103. The fraction of sp³-hybridized carbons (Fsp3) is 0.259. The molecular weight excluding hydrogens is 430 g/mol. The zero-order chi connectivity index (χ0) is 23.7. The standard InChI is InChI=1S/C27H25N3O4/c1-2-30(20-9-6-17(14-28)7-10-20)24-5-3-4-22-23(16-34-27(22)24)29-19-8-11-21-18(12-26(31)32)15-33-25(21)13-19/h3-11,13,18,23,29H,2,12,15-16H2,1H3,(H,31,32)/p+1/t18-,23?/m1/s1. The summed E-state index contributed by atoms with van der Waals surface area (Å²) in [5.41, 5.74) is 5.66. The van der Waals surface area contributed by atoms with Gasteiger partial charge in [-0.05, 0) is 49.4 Å². The number of anilines is 3. The number of rotatable bonds is 7. The monoisotopic (exact) mass is 456 g/mol. The van der Waals surface area contributed by atoms with Crippen LogP contribution in [0.25, 0.3) is 0 Å². The largest absolute Gasteiger partial charge is 0.582 e. The van der Waals surface area contributed by atoms with Crippen molar-refractivity contribution in [2.45, 2.75) is 25.3 Å². The second kappa shape index (κ2) is 8.99. The van der Waals surface area contributed by atoms with Crippen molar-refractivity contribution >= 4 is 23.0 Å². The number of carbonyl (C=O) groups is 1. The van der Waals surface area contributed by atoms with Gasteiger partial charge >= 0.3 is 5.97 Å². The summed E-state index contributed by atoms with van der Waals surface area (Å²) in [6.07, 6.45) is 0.100. The Labute approximate surface area is 198 Å². The number of benzene rings is 3. The Kier molecular flexibility index (Phi) is 5.72. The Balaban J connectivity index is 1.38. The second-order valence-electron chi connectivity index (χ2n) is 8.52. The number of carboxylic acid groups (broad SMARTS) is 1. The van der Waals surface area contributed by atoms with Crippen LogP contribution in [-0.4, -0.2) is 35.6 Å². The number of aromatic hydroxyl groups is 1. The van der Waals surface area contributed by atoms with Gasteiger partial charge in [-0.1, -0.05) is 12.1 Å². The van der Waals surface area contributed by atoms with E-state index in [9.17, 15) is 4.79 Å². The highest BCUT2D eigenvalue weighted by molar-refractivity contribution is 5.73. The predicted octanol–water partition coefficient (Wildman–Crippen LogP) is 5.08. The molecule has 0 saturated heterocycles. The van der Waals surface area contributed by atoms with Crippen molar-refractivity contribution in [2.75, 3.05) is 30.0 Å². The first-order valence-electron chi connectivity index (χ1n) is 11.4. The van der Waals surface area contributed by atoms with Gasteiger partial charge in [0.1, 0.15) is 12.4 Å². The molecule has 2 atom stereocenters. The van der Waals surface area contributed by atoms with E-state index in [-0.39, 0.29) is 18.4 Å². The summed E-state index contributed by atoms with van der Waals surface area (Å²) in [7, 11) is 0. The molecule has 0 aliphatic carbocycles. The van der Waals surface area contributed by atoms with Crippen LogP contribution >= 0.6 is 0 Å². The molecule has 0 amide bonds. The Morgan fingerprint density at radius 2 is 2.03 bits per heavy atom. The normalized spacial score (nSPS) is 17.6. The van der Waals surface area contributed by atoms with E-state index in [1.165, 1.54) is 0 Å². The number of para-hydroxylation sites is 1. The average molecular weight is 457 g/mol. The number of fused-ring (bicyclic) bond motifs is 2. The summed E-state index contributed by atoms with van der Waals surface area (Å²) in [6.45, 7) is 3.88. The van der Waals surface area contributed by atoms with E-state index in [4.69, 9.17) is 15.1 Å². The van der Waals surface area contributed by atoms with Crippen molar-refractivity contribution < 1.29 is 19.4 Å². The summed E-state index contributed by atoms with van der Waals surface area (Å²) >= 11 is 0. The van der Waals surface area contributed by atoms with Crippen molar-refractivity contribution in [2.24, 2.45) is 0 Å². The van der Waals surface area contributed by atoms with E-state index in [2.05, 4.69) is 40.1 Å². The van der Waals surface area contributed by atoms with E-state index < -0.39 is 5.97 Å². The second-order valence-corrected chi connectivity index (χ2v) is 8.52. The van der Waals surface area contributed by atoms with Crippen LogP contribution in [0.1, 0.15) is 42.0 Å². The zero-order valence-corrected chi connectivity index (χ0v) is 18.9. The first kappa shape index (κ1) is 21.7. The van der Waals surface area contributed by atoms with E-state index in [0.29, 0.717) is 18.8 Å². The van der Waals surface area contributed by atoms with E-state index in [0.717, 1.165) is 46.2 Å². The molecule has 3 N–H and O–H groups in total. The van der Waals surface area contributed by atoms with Crippen molar-refractivity contribution in [3.63, 3.8) is 0 Å². The number of nitrogens with zero attached hydrogens (tertiary/aromatic N) is 2. The molecule has 0 spiro atoms. The number of aliphatic hydroxyl groups is 1. The predicted molar refractivity (Wildman–Crippen MR) is 130 cm³/mol. The van der Waals surface area contributed by atoms with Crippen LogP contribution < -0.4 is 15.0 Å². The maximum Gasteiger partial charge on any atom is 0.304 e. The van der Waals surface area contributed by atoms with Crippen LogP contribution in [0.2, 0.25) is 0 Å². The number of nitrogens with one attached hydrogen (secondary N) is 1. The van der Waals surface area contributed by atoms with Crippen molar-refractivity contribution in [1.29, 1.82) is 5.26 Å². The van der Waals surface area contributed by atoms with Gasteiger partial charge in [-0.25, -0.2) is 0 Å². The van der Waals surface area contributed by atoms with Crippen LogP contribution in [-0.2, 0) is 4.79 Å². The highest BCUT2D eigenvalue weighted by atomic mass is 16.5. The SMILES string of the molecule is CCN(c1ccc(C#N)cc1)c1cccc2c1OCC2Nc1ccc2c(c1)[OH+]C[C@H]2CC(=O)O. The fourth-order valence-electron chi connectivity index (χ4n) is 4.78. The molecule has 0 bridgehead atoms. The lowest BCUT2D eigenvalue weighted by atomic mass is 9.97. The number of hydrogen-bond donors (Lipinski definition) is 2. The van der Waals surface area contributed by atoms with Crippen molar-refractivity contribution in [3.05, 3.63) is 77.4 Å². The summed E-state index contributed by atoms with van der Waals surface area (Å²) in [5, 5.41) is 21.8. The van der Waals surface area contributed by atoms with Gasteiger partial charge in [-0.3, -0.25) is 4.79 Å². The molecule has 7 nitrogen and oxygen atoms in total. The fourth-order valence-corrected chi connectivity index (χ4v) is 4.78. The third-order valence-corrected chi connectivity index (χ3v) is 6.42. The number of ether oxygens (including phenoxy) is 2. The summed E-state index contributed by atoms with van der Waals surface area (Å²) < 4.78 is 10.7. The first-order valence-corrected chi connectivity index (χ1v) is 11.4. The molecule has 0 radical (unpaired) electrons. The van der Waals surface area contributed by atoms with Crippen molar-refractivity contribution in [1.82, 2.24) is 0 Å². The smallest absolute Gasteiger partial charge is 0.304 e. The van der Waals surface area contributed by atoms with Gasteiger partial charge in [0.05, 0.1) is 47.3 Å². The molecular formula is C27H26N3O4+. The van der Waals surface area contributed by atoms with Gasteiger partial charge in [0, 0.05) is 23.5 Å². The number of hydrogen-bond acceptors (Lipinski definition) is 5. The topological polar surface area (TPSA) is 98.4 Å². The van der Waals surface area contributed by atoms with Crippen LogP contribution in [0.4, 0.5) is 17.1 Å². The Bertz CT molecular complexity index is 1270. The molecule has 1 unspecified atom stereocenters. The number of carboxylic acids is 1. The van der Waals surface area contributed by atoms with Crippen molar-refractivity contribution in [3.8, 4) is 17.6 Å². The summed E-state index contributed by atoms with van der Waals surface area (Å²) in [5.74, 6) is 0.871. The zero-order valence-electron chi connectivity index (χ0n) is 18.9. The van der Waals surface area contributed by atoms with Crippen LogP contribution in [0.15, 0.2) is 60.7 Å². The lowest BCUT2D eigenvalue weighted by molar-refractivity contribution is -0.137. The third kappa shape index (κ3) is 3.99. The van der Waals surface area contributed by atoms with Gasteiger partial charge in [0.25, 0.3) is 5.75 Å². The molecule has 2 aliphatic rings. The molecule has 7 heteroatoms. The Hall–Kier alpha value is -4.18. The van der Waals surface area contributed by atoms with Gasteiger partial charge in [-0.2, -0.15) is 5.26 Å². The highest BCUT2D eigenvalue weighted by Crippen LogP contribution is 2.45. The molecule has 2 heterocycles. The lowest BCUT2D eigenvalue weighted by Gasteiger charge is -2.25. The molecule has 3 aromatic carbocycles. The molecule has 2 aliphatic heterocycles. The summed E-state index contributed by atoms with van der Waals surface area (Å²) in [4.78, 5) is 13.3. The summed E-state index contributed by atoms with van der Waals surface area (Å²) in [6, 6.07) is 21.9. The lowest BCUT2D eigenvalue weighted by Crippen LogP contribution is -2.16. The van der Waals surface area contributed by atoms with Crippen LogP contribution in [0.3, 0.4) is 0 Å². The highest BCUT2D eigenvalue weighted by Gasteiger charge is 2.32. The molecule has 0 aromatic heterocycles. The Morgan fingerprint density at radius 3 is 2.76 bits per heavy atom. The van der Waals surface area contributed by atoms with Gasteiger partial charge < -0.3 is 24.8 Å². The molecule has 3 aromatic rings. The van der Waals surface area contributed by atoms with E-state index in [1.807, 2.05) is 48.5 Å². The Morgan fingerprint density at radius 1 is 1.21 bits per heavy atom. The first-order chi connectivity index (χ1) is 16.6. The van der Waals surface area contributed by atoms with E-state index in [1.54, 1.807) is 0 Å². The maximum absolute atomic E-state index is 11.1. The quantitative estimate of drug-likeness (QED) is 0.482.